The van der Waals surface area contributed by atoms with Gasteiger partial charge in [-0.15, -0.1) is 0 Å². The van der Waals surface area contributed by atoms with Crippen LogP contribution in [0.1, 0.15) is 33.5 Å². The molecule has 0 fully saturated rings. The van der Waals surface area contributed by atoms with Crippen molar-refractivity contribution in [3.8, 4) is 5.75 Å². The van der Waals surface area contributed by atoms with Gasteiger partial charge >= 0.3 is 5.97 Å². The Morgan fingerprint density at radius 1 is 1.05 bits per heavy atom. The van der Waals surface area contributed by atoms with E-state index >= 15 is 0 Å². The van der Waals surface area contributed by atoms with Crippen molar-refractivity contribution >= 4 is 5.97 Å². The summed E-state index contributed by atoms with van der Waals surface area (Å²) in [5.74, 6) is -1.17. The number of aromatic hydroxyl groups is 1. The number of aromatic carboxylic acids is 1. The average Bonchev–Trinajstić information content (AvgIpc) is 2.42. The van der Waals surface area contributed by atoms with Gasteiger partial charge in [-0.3, -0.25) is 0 Å². The molecule has 0 atom stereocenters. The normalized spacial score (nSPS) is 10.4. The molecule has 2 aromatic carbocycles. The fourth-order valence-corrected chi connectivity index (χ4v) is 2.33. The summed E-state index contributed by atoms with van der Waals surface area (Å²) in [5, 5.41) is 19.2. The zero-order valence-electron chi connectivity index (χ0n) is 11.5. The van der Waals surface area contributed by atoms with E-state index in [0.29, 0.717) is 17.5 Å². The van der Waals surface area contributed by atoms with Crippen molar-refractivity contribution in [3.63, 3.8) is 0 Å². The van der Waals surface area contributed by atoms with Crippen LogP contribution in [-0.2, 0) is 12.8 Å². The van der Waals surface area contributed by atoms with Crippen molar-refractivity contribution in [1.29, 1.82) is 0 Å². The lowest BCUT2D eigenvalue weighted by molar-refractivity contribution is 0.0692. The van der Waals surface area contributed by atoms with E-state index in [4.69, 9.17) is 5.11 Å². The van der Waals surface area contributed by atoms with Crippen molar-refractivity contribution in [2.75, 3.05) is 0 Å². The first-order valence-electron chi connectivity index (χ1n) is 6.68. The number of rotatable bonds is 5. The molecule has 0 amide bonds. The second-order valence-corrected chi connectivity index (χ2v) is 4.91. The van der Waals surface area contributed by atoms with E-state index in [0.717, 1.165) is 12.8 Å². The van der Waals surface area contributed by atoms with Crippen molar-refractivity contribution in [2.45, 2.75) is 26.2 Å². The smallest absolute Gasteiger partial charge is 0.339 e. The Hall–Kier alpha value is -2.29. The Balaban J connectivity index is 2.07. The highest BCUT2D eigenvalue weighted by atomic mass is 16.4. The number of aryl methyl sites for hydroxylation is 3. The first-order chi connectivity index (χ1) is 9.59. The Labute approximate surface area is 118 Å². The van der Waals surface area contributed by atoms with Gasteiger partial charge in [0.05, 0.1) is 0 Å². The van der Waals surface area contributed by atoms with E-state index in [-0.39, 0.29) is 11.3 Å². The highest BCUT2D eigenvalue weighted by Gasteiger charge is 2.16. The molecular formula is C17H18O3. The summed E-state index contributed by atoms with van der Waals surface area (Å²) in [6, 6.07) is 13.7. The first-order valence-corrected chi connectivity index (χ1v) is 6.68. The number of hydrogen-bond donors (Lipinski definition) is 2. The third-order valence-corrected chi connectivity index (χ3v) is 3.44. The number of phenols is 1. The number of carbonyl (C=O) groups is 1. The topological polar surface area (TPSA) is 57.5 Å². The SMILES string of the molecule is Cc1ccc(CCCc2ccccc2)c(O)c1C(=O)O. The maximum Gasteiger partial charge on any atom is 0.339 e. The lowest BCUT2D eigenvalue weighted by Crippen LogP contribution is -2.02. The summed E-state index contributed by atoms with van der Waals surface area (Å²) < 4.78 is 0. The van der Waals surface area contributed by atoms with Gasteiger partial charge in [-0.05, 0) is 42.9 Å². The molecule has 104 valence electrons. The van der Waals surface area contributed by atoms with Gasteiger partial charge < -0.3 is 10.2 Å². The van der Waals surface area contributed by atoms with Crippen LogP contribution in [0.3, 0.4) is 0 Å². The third-order valence-electron chi connectivity index (χ3n) is 3.44. The summed E-state index contributed by atoms with van der Waals surface area (Å²) >= 11 is 0. The molecule has 0 heterocycles. The second-order valence-electron chi connectivity index (χ2n) is 4.91. The Bertz CT molecular complexity index is 603. The van der Waals surface area contributed by atoms with Crippen molar-refractivity contribution in [3.05, 3.63) is 64.7 Å². The molecule has 0 spiro atoms. The molecule has 0 aromatic heterocycles. The molecule has 2 aromatic rings. The molecular weight excluding hydrogens is 252 g/mol. The third kappa shape index (κ3) is 3.18. The summed E-state index contributed by atoms with van der Waals surface area (Å²) in [7, 11) is 0. The van der Waals surface area contributed by atoms with E-state index in [2.05, 4.69) is 12.1 Å². The monoisotopic (exact) mass is 270 g/mol. The molecule has 0 aliphatic heterocycles. The van der Waals surface area contributed by atoms with Gasteiger partial charge in [0.25, 0.3) is 0 Å². The second kappa shape index (κ2) is 6.24. The van der Waals surface area contributed by atoms with Gasteiger partial charge in [0.1, 0.15) is 11.3 Å². The van der Waals surface area contributed by atoms with Crippen LogP contribution in [0.2, 0.25) is 0 Å². The molecule has 0 radical (unpaired) electrons. The minimum absolute atomic E-state index is 0.0159. The van der Waals surface area contributed by atoms with Crippen LogP contribution < -0.4 is 0 Å². The minimum Gasteiger partial charge on any atom is -0.507 e. The highest BCUT2D eigenvalue weighted by molar-refractivity contribution is 5.93. The van der Waals surface area contributed by atoms with Crippen molar-refractivity contribution < 1.29 is 15.0 Å². The van der Waals surface area contributed by atoms with Crippen LogP contribution in [0.25, 0.3) is 0 Å². The first kappa shape index (κ1) is 14.1. The number of carboxylic acids is 1. The molecule has 0 aliphatic carbocycles. The van der Waals surface area contributed by atoms with Gasteiger partial charge in [-0.1, -0.05) is 42.5 Å². The van der Waals surface area contributed by atoms with Crippen LogP contribution >= 0.6 is 0 Å². The fourth-order valence-electron chi connectivity index (χ4n) is 2.33. The minimum atomic E-state index is -1.08. The van der Waals surface area contributed by atoms with Gasteiger partial charge in [0, 0.05) is 0 Å². The summed E-state index contributed by atoms with van der Waals surface area (Å²) in [6.07, 6.45) is 2.46. The number of benzene rings is 2. The van der Waals surface area contributed by atoms with Crippen LogP contribution in [0.15, 0.2) is 42.5 Å². The summed E-state index contributed by atoms with van der Waals surface area (Å²) in [4.78, 5) is 11.1. The van der Waals surface area contributed by atoms with Crippen LogP contribution in [0.5, 0.6) is 5.75 Å². The lowest BCUT2D eigenvalue weighted by atomic mass is 9.98. The molecule has 0 saturated heterocycles. The maximum atomic E-state index is 11.1. The predicted octanol–water partition coefficient (Wildman–Crippen LogP) is 3.57. The van der Waals surface area contributed by atoms with E-state index in [1.165, 1.54) is 5.56 Å². The molecule has 0 saturated carbocycles. The Kier molecular flexibility index (Phi) is 4.41. The standard InChI is InChI=1S/C17H18O3/c1-12-10-11-14(16(18)15(12)17(19)20)9-5-8-13-6-3-2-4-7-13/h2-4,6-7,10-11,18H,5,8-9H2,1H3,(H,19,20). The predicted molar refractivity (Wildman–Crippen MR) is 78.3 cm³/mol. The quantitative estimate of drug-likeness (QED) is 0.873. The van der Waals surface area contributed by atoms with E-state index in [9.17, 15) is 9.90 Å². The highest BCUT2D eigenvalue weighted by Crippen LogP contribution is 2.27. The van der Waals surface area contributed by atoms with Crippen LogP contribution in [0, 0.1) is 6.92 Å². The van der Waals surface area contributed by atoms with E-state index in [1.54, 1.807) is 13.0 Å². The number of carboxylic acid groups (broad SMARTS) is 1. The van der Waals surface area contributed by atoms with E-state index < -0.39 is 5.97 Å². The molecule has 20 heavy (non-hydrogen) atoms. The van der Waals surface area contributed by atoms with Gasteiger partial charge in [-0.2, -0.15) is 0 Å². The van der Waals surface area contributed by atoms with Crippen LogP contribution in [0.4, 0.5) is 0 Å². The van der Waals surface area contributed by atoms with Crippen molar-refractivity contribution in [1.82, 2.24) is 0 Å². The van der Waals surface area contributed by atoms with Crippen molar-refractivity contribution in [2.24, 2.45) is 0 Å². The summed E-state index contributed by atoms with van der Waals surface area (Å²) in [5.41, 5.74) is 2.55. The zero-order chi connectivity index (χ0) is 14.5. The van der Waals surface area contributed by atoms with Gasteiger partial charge in [-0.25, -0.2) is 4.79 Å². The summed E-state index contributed by atoms with van der Waals surface area (Å²) in [6.45, 7) is 1.69. The molecule has 0 bridgehead atoms. The van der Waals surface area contributed by atoms with E-state index in [1.807, 2.05) is 24.3 Å². The lowest BCUT2D eigenvalue weighted by Gasteiger charge is -2.10. The maximum absolute atomic E-state index is 11.1. The van der Waals surface area contributed by atoms with Gasteiger partial charge in [0.15, 0.2) is 0 Å². The van der Waals surface area contributed by atoms with Crippen LogP contribution in [-0.4, -0.2) is 16.2 Å². The average molecular weight is 270 g/mol. The Morgan fingerprint density at radius 3 is 2.40 bits per heavy atom. The number of hydrogen-bond acceptors (Lipinski definition) is 2. The molecule has 0 unspecified atom stereocenters. The molecule has 3 nitrogen and oxygen atoms in total. The largest absolute Gasteiger partial charge is 0.507 e. The molecule has 2 rings (SSSR count). The molecule has 2 N–H and O–H groups in total. The zero-order valence-corrected chi connectivity index (χ0v) is 11.5. The fraction of sp³-hybridized carbons (Fsp3) is 0.235. The Morgan fingerprint density at radius 2 is 1.75 bits per heavy atom. The molecule has 0 aliphatic rings. The molecule has 3 heteroatoms. The van der Waals surface area contributed by atoms with Gasteiger partial charge in [0.2, 0.25) is 0 Å².